The van der Waals surface area contributed by atoms with E-state index < -0.39 is 17.5 Å². The summed E-state index contributed by atoms with van der Waals surface area (Å²) in [6.45, 7) is 0. The zero-order valence-electron chi connectivity index (χ0n) is 17.2. The summed E-state index contributed by atoms with van der Waals surface area (Å²) in [6.07, 6.45) is 1.35. The molecule has 0 saturated heterocycles. The molecule has 0 unspecified atom stereocenters. The smallest absolute Gasteiger partial charge is 0.258 e. The molecule has 0 aliphatic heterocycles. The van der Waals surface area contributed by atoms with E-state index in [9.17, 15) is 13.6 Å². The second kappa shape index (κ2) is 8.26. The first-order valence-corrected chi connectivity index (χ1v) is 10.6. The first-order valence-electron chi connectivity index (χ1n) is 10.2. The third-order valence-electron chi connectivity index (χ3n) is 5.57. The Morgan fingerprint density at radius 2 is 1.79 bits per heavy atom. The van der Waals surface area contributed by atoms with Crippen molar-refractivity contribution < 1.29 is 13.6 Å². The van der Waals surface area contributed by atoms with Gasteiger partial charge < -0.3 is 11.1 Å². The van der Waals surface area contributed by atoms with Crippen LogP contribution in [-0.2, 0) is 12.8 Å². The van der Waals surface area contributed by atoms with Gasteiger partial charge in [-0.2, -0.15) is 0 Å². The summed E-state index contributed by atoms with van der Waals surface area (Å²) in [5, 5.41) is 2.95. The number of hydrogen-bond donors (Lipinski definition) is 2. The number of nitrogens with one attached hydrogen (secondary N) is 1. The molecule has 5 nitrogen and oxygen atoms in total. The Kier molecular flexibility index (Phi) is 5.26. The molecule has 0 atom stereocenters. The molecular weight excluding hydrogens is 446 g/mol. The lowest BCUT2D eigenvalue weighted by Crippen LogP contribution is -2.16. The minimum atomic E-state index is -0.956. The topological polar surface area (TPSA) is 80.9 Å². The van der Waals surface area contributed by atoms with Gasteiger partial charge in [-0.25, -0.2) is 18.7 Å². The monoisotopic (exact) mass is 462 g/mol. The fourth-order valence-electron chi connectivity index (χ4n) is 4.06. The van der Waals surface area contributed by atoms with E-state index in [0.717, 1.165) is 40.1 Å². The predicted molar refractivity (Wildman–Crippen MR) is 124 cm³/mol. The normalized spacial score (nSPS) is 12.1. The maximum Gasteiger partial charge on any atom is 0.258 e. The molecule has 164 valence electrons. The number of carbonyl (C=O) groups excluding carboxylic acids is 1. The minimum Gasteiger partial charge on any atom is -0.368 e. The average Bonchev–Trinajstić information content (AvgIpc) is 2.79. The number of rotatable bonds is 3. The van der Waals surface area contributed by atoms with Crippen molar-refractivity contribution in [1.82, 2.24) is 9.97 Å². The highest BCUT2D eigenvalue weighted by atomic mass is 35.5. The molecule has 33 heavy (non-hydrogen) atoms. The van der Waals surface area contributed by atoms with Gasteiger partial charge in [0.2, 0.25) is 5.95 Å². The third kappa shape index (κ3) is 3.91. The van der Waals surface area contributed by atoms with Crippen LogP contribution in [0.4, 0.5) is 20.4 Å². The molecule has 8 heteroatoms. The van der Waals surface area contributed by atoms with Crippen molar-refractivity contribution in [3.05, 3.63) is 94.1 Å². The molecular formula is C25H17ClF2N4O. The fourth-order valence-corrected chi connectivity index (χ4v) is 4.29. The molecule has 1 amide bonds. The van der Waals surface area contributed by atoms with Gasteiger partial charge in [-0.05, 0) is 48.2 Å². The summed E-state index contributed by atoms with van der Waals surface area (Å²) < 4.78 is 27.3. The van der Waals surface area contributed by atoms with Crippen LogP contribution >= 0.6 is 11.6 Å². The number of nitrogens with two attached hydrogens (primary N) is 1. The quantitative estimate of drug-likeness (QED) is 0.410. The van der Waals surface area contributed by atoms with E-state index in [1.807, 2.05) is 30.3 Å². The molecule has 1 aliphatic rings. The maximum absolute atomic E-state index is 14.1. The highest BCUT2D eigenvalue weighted by Crippen LogP contribution is 2.42. The molecule has 0 bridgehead atoms. The number of hydrogen-bond acceptors (Lipinski definition) is 4. The van der Waals surface area contributed by atoms with Crippen LogP contribution in [0.25, 0.3) is 22.4 Å². The van der Waals surface area contributed by atoms with Crippen molar-refractivity contribution in [2.24, 2.45) is 0 Å². The van der Waals surface area contributed by atoms with Gasteiger partial charge >= 0.3 is 0 Å². The highest BCUT2D eigenvalue weighted by molar-refractivity contribution is 6.34. The zero-order valence-corrected chi connectivity index (χ0v) is 18.0. The van der Waals surface area contributed by atoms with E-state index in [4.69, 9.17) is 17.3 Å². The summed E-state index contributed by atoms with van der Waals surface area (Å²) in [5.74, 6) is -2.27. The summed E-state index contributed by atoms with van der Waals surface area (Å²) in [6, 6.07) is 15.9. The Hall–Kier alpha value is -3.84. The standard InChI is InChI=1S/C25H17ClF2N4O/c26-18-10-14-6-9-20-22(23(32-25(29)31-20)13-4-2-1-3-5-13)17(14)12-21(18)30-24(33)16-8-7-15(27)11-19(16)28/h1-5,7-8,10-12H,6,9H2,(H,30,33)(H2,29,31,32). The van der Waals surface area contributed by atoms with Crippen LogP contribution in [-0.4, -0.2) is 15.9 Å². The van der Waals surface area contributed by atoms with Crippen LogP contribution in [0.5, 0.6) is 0 Å². The number of nitrogens with zero attached hydrogens (tertiary/aromatic N) is 2. The van der Waals surface area contributed by atoms with Crippen molar-refractivity contribution in [2.45, 2.75) is 12.8 Å². The Balaban J connectivity index is 1.61. The van der Waals surface area contributed by atoms with Gasteiger partial charge in [0.05, 0.1) is 27.7 Å². The first-order chi connectivity index (χ1) is 15.9. The van der Waals surface area contributed by atoms with Gasteiger partial charge in [0.25, 0.3) is 5.91 Å². The van der Waals surface area contributed by atoms with Crippen molar-refractivity contribution >= 4 is 29.1 Å². The first kappa shape index (κ1) is 21.0. The SMILES string of the molecule is Nc1nc2c(c(-c3ccccc3)n1)-c1cc(NC(=O)c3ccc(F)cc3F)c(Cl)cc1CC2. The number of anilines is 2. The average molecular weight is 463 g/mol. The minimum absolute atomic E-state index is 0.185. The molecule has 4 aromatic rings. The third-order valence-corrected chi connectivity index (χ3v) is 5.88. The summed E-state index contributed by atoms with van der Waals surface area (Å²) in [4.78, 5) is 21.6. The Morgan fingerprint density at radius 1 is 1.00 bits per heavy atom. The summed E-state index contributed by atoms with van der Waals surface area (Å²) in [5.41, 5.74) is 11.0. The van der Waals surface area contributed by atoms with Crippen molar-refractivity contribution in [1.29, 1.82) is 0 Å². The lowest BCUT2D eigenvalue weighted by molar-refractivity contribution is 0.102. The van der Waals surface area contributed by atoms with E-state index >= 15 is 0 Å². The van der Waals surface area contributed by atoms with E-state index in [2.05, 4.69) is 15.3 Å². The Bertz CT molecular complexity index is 1410. The molecule has 1 aromatic heterocycles. The lowest BCUT2D eigenvalue weighted by atomic mass is 9.85. The number of fused-ring (bicyclic) bond motifs is 3. The summed E-state index contributed by atoms with van der Waals surface area (Å²) in [7, 11) is 0. The number of aryl methyl sites for hydroxylation is 2. The molecule has 5 rings (SSSR count). The number of benzene rings is 3. The van der Waals surface area contributed by atoms with Gasteiger partial charge in [0.1, 0.15) is 11.6 Å². The highest BCUT2D eigenvalue weighted by Gasteiger charge is 2.25. The molecule has 1 aliphatic carbocycles. The molecule has 3 N–H and O–H groups in total. The lowest BCUT2D eigenvalue weighted by Gasteiger charge is -2.23. The molecule has 0 saturated carbocycles. The van der Waals surface area contributed by atoms with Gasteiger partial charge in [-0.1, -0.05) is 41.9 Å². The van der Waals surface area contributed by atoms with Crippen LogP contribution in [0.3, 0.4) is 0 Å². The molecule has 0 spiro atoms. The number of halogens is 3. The van der Waals surface area contributed by atoms with E-state index in [0.29, 0.717) is 35.3 Å². The fraction of sp³-hybridized carbons (Fsp3) is 0.0800. The van der Waals surface area contributed by atoms with Crippen LogP contribution in [0.1, 0.15) is 21.6 Å². The largest absolute Gasteiger partial charge is 0.368 e. The van der Waals surface area contributed by atoms with E-state index in [1.54, 1.807) is 12.1 Å². The van der Waals surface area contributed by atoms with E-state index in [1.165, 1.54) is 0 Å². The van der Waals surface area contributed by atoms with Gasteiger partial charge in [-0.3, -0.25) is 4.79 Å². The summed E-state index contributed by atoms with van der Waals surface area (Å²) >= 11 is 6.45. The van der Waals surface area contributed by atoms with E-state index in [-0.39, 0.29) is 11.5 Å². The Morgan fingerprint density at radius 3 is 2.55 bits per heavy atom. The second-order valence-corrected chi connectivity index (χ2v) is 8.09. The van der Waals surface area contributed by atoms with Crippen molar-refractivity contribution in [3.63, 3.8) is 0 Å². The maximum atomic E-state index is 14.1. The predicted octanol–water partition coefficient (Wildman–Crippen LogP) is 5.68. The second-order valence-electron chi connectivity index (χ2n) is 7.69. The number of amides is 1. The molecule has 1 heterocycles. The zero-order chi connectivity index (χ0) is 23.1. The van der Waals surface area contributed by atoms with Gasteiger partial charge in [0.15, 0.2) is 0 Å². The molecule has 0 fully saturated rings. The van der Waals surface area contributed by atoms with Crippen LogP contribution in [0.2, 0.25) is 5.02 Å². The van der Waals surface area contributed by atoms with Crippen LogP contribution in [0, 0.1) is 11.6 Å². The Labute approximate surface area is 193 Å². The van der Waals surface area contributed by atoms with Crippen LogP contribution < -0.4 is 11.1 Å². The number of nitrogen functional groups attached to an aromatic ring is 1. The molecule has 3 aromatic carbocycles. The van der Waals surface area contributed by atoms with Gasteiger partial charge in [-0.15, -0.1) is 0 Å². The molecule has 0 radical (unpaired) electrons. The van der Waals surface area contributed by atoms with Crippen LogP contribution in [0.15, 0.2) is 60.7 Å². The van der Waals surface area contributed by atoms with Crippen molar-refractivity contribution in [2.75, 3.05) is 11.1 Å². The number of carbonyl (C=O) groups is 1. The number of aromatic nitrogens is 2. The van der Waals surface area contributed by atoms with Gasteiger partial charge in [0, 0.05) is 17.2 Å². The van der Waals surface area contributed by atoms with Crippen molar-refractivity contribution in [3.8, 4) is 22.4 Å².